The Balaban J connectivity index is 1.94. The van der Waals surface area contributed by atoms with Crippen molar-refractivity contribution in [2.75, 3.05) is 13.1 Å². The highest BCUT2D eigenvalue weighted by Crippen LogP contribution is 2.17. The maximum Gasteiger partial charge on any atom is 0.227 e. The summed E-state index contributed by atoms with van der Waals surface area (Å²) >= 11 is 0. The molecule has 1 saturated heterocycles. The summed E-state index contributed by atoms with van der Waals surface area (Å²) in [5, 5.41) is 9.19. The molecule has 18 heavy (non-hydrogen) atoms. The Morgan fingerprint density at radius 2 is 2.11 bits per heavy atom. The number of amides is 1. The van der Waals surface area contributed by atoms with Gasteiger partial charge in [-0.3, -0.25) is 4.79 Å². The van der Waals surface area contributed by atoms with E-state index >= 15 is 0 Å². The fourth-order valence-electron chi connectivity index (χ4n) is 2.29. The predicted octanol–water partition coefficient (Wildman–Crippen LogP) is 1.13. The number of rotatable bonds is 2. The van der Waals surface area contributed by atoms with E-state index in [-0.39, 0.29) is 17.7 Å². The highest BCUT2D eigenvalue weighted by molar-refractivity contribution is 5.79. The Kier molecular flexibility index (Phi) is 3.87. The normalized spacial score (nSPS) is 24.0. The third kappa shape index (κ3) is 3.01. The van der Waals surface area contributed by atoms with Crippen LogP contribution in [0.5, 0.6) is 5.75 Å². The molecule has 1 aromatic carbocycles. The Morgan fingerprint density at radius 1 is 1.44 bits per heavy atom. The lowest BCUT2D eigenvalue weighted by atomic mass is 9.94. The number of carbonyl (C=O) groups excluding carboxylic acids is 1. The molecule has 1 fully saturated rings. The summed E-state index contributed by atoms with van der Waals surface area (Å²) in [5.74, 6) is 0.728. The minimum absolute atomic E-state index is 0.138. The third-order valence-corrected chi connectivity index (χ3v) is 3.62. The van der Waals surface area contributed by atoms with Crippen molar-refractivity contribution in [3.05, 3.63) is 29.8 Å². The first-order valence-corrected chi connectivity index (χ1v) is 6.37. The Labute approximate surface area is 107 Å². The first-order chi connectivity index (χ1) is 8.56. The molecular formula is C14H20N2O2. The predicted molar refractivity (Wildman–Crippen MR) is 70.1 cm³/mol. The van der Waals surface area contributed by atoms with Crippen molar-refractivity contribution in [3.8, 4) is 5.75 Å². The van der Waals surface area contributed by atoms with Crippen molar-refractivity contribution in [1.29, 1.82) is 0 Å². The highest BCUT2D eigenvalue weighted by Gasteiger charge is 2.25. The van der Waals surface area contributed by atoms with E-state index in [4.69, 9.17) is 5.73 Å². The van der Waals surface area contributed by atoms with Crippen LogP contribution in [0.1, 0.15) is 18.9 Å². The molecule has 1 aliphatic heterocycles. The highest BCUT2D eigenvalue weighted by atomic mass is 16.3. The number of nitrogens with two attached hydrogens (primary N) is 1. The third-order valence-electron chi connectivity index (χ3n) is 3.62. The van der Waals surface area contributed by atoms with E-state index in [0.717, 1.165) is 25.1 Å². The first kappa shape index (κ1) is 12.9. The molecule has 0 spiro atoms. The average Bonchev–Trinajstić information content (AvgIpc) is 2.35. The molecule has 1 amide bonds. The number of aromatic hydroxyl groups is 1. The van der Waals surface area contributed by atoms with Gasteiger partial charge in [-0.15, -0.1) is 0 Å². The fourth-order valence-corrected chi connectivity index (χ4v) is 2.29. The van der Waals surface area contributed by atoms with Crippen LogP contribution in [-0.4, -0.2) is 35.0 Å². The number of hydrogen-bond donors (Lipinski definition) is 2. The lowest BCUT2D eigenvalue weighted by molar-refractivity contribution is -0.132. The van der Waals surface area contributed by atoms with Crippen molar-refractivity contribution in [3.63, 3.8) is 0 Å². The molecule has 0 aromatic heterocycles. The Bertz CT molecular complexity index is 416. The number of benzene rings is 1. The minimum atomic E-state index is 0.138. The van der Waals surface area contributed by atoms with Crippen LogP contribution in [0.25, 0.3) is 0 Å². The van der Waals surface area contributed by atoms with Gasteiger partial charge in [0, 0.05) is 19.1 Å². The molecule has 1 heterocycles. The summed E-state index contributed by atoms with van der Waals surface area (Å²) in [6.45, 7) is 3.59. The van der Waals surface area contributed by atoms with Gasteiger partial charge in [0.15, 0.2) is 0 Å². The van der Waals surface area contributed by atoms with Crippen LogP contribution >= 0.6 is 0 Å². The summed E-state index contributed by atoms with van der Waals surface area (Å²) in [6, 6.07) is 7.00. The van der Waals surface area contributed by atoms with E-state index in [1.54, 1.807) is 24.3 Å². The van der Waals surface area contributed by atoms with Crippen molar-refractivity contribution in [2.24, 2.45) is 11.7 Å². The lowest BCUT2D eigenvalue weighted by Crippen LogP contribution is -2.48. The van der Waals surface area contributed by atoms with Crippen LogP contribution in [0.3, 0.4) is 0 Å². The molecule has 2 rings (SSSR count). The van der Waals surface area contributed by atoms with Gasteiger partial charge < -0.3 is 15.7 Å². The number of hydrogen-bond acceptors (Lipinski definition) is 3. The molecular weight excluding hydrogens is 228 g/mol. The van der Waals surface area contributed by atoms with E-state index in [1.165, 1.54) is 0 Å². The second-order valence-electron chi connectivity index (χ2n) is 5.11. The molecule has 98 valence electrons. The van der Waals surface area contributed by atoms with Crippen LogP contribution in [0.2, 0.25) is 0 Å². The topological polar surface area (TPSA) is 66.6 Å². The molecule has 4 heteroatoms. The van der Waals surface area contributed by atoms with Gasteiger partial charge in [-0.2, -0.15) is 0 Å². The number of phenols is 1. The summed E-state index contributed by atoms with van der Waals surface area (Å²) in [5.41, 5.74) is 6.87. The summed E-state index contributed by atoms with van der Waals surface area (Å²) in [4.78, 5) is 14.0. The molecule has 4 nitrogen and oxygen atoms in total. The van der Waals surface area contributed by atoms with E-state index in [9.17, 15) is 9.90 Å². The van der Waals surface area contributed by atoms with Gasteiger partial charge >= 0.3 is 0 Å². The second kappa shape index (κ2) is 5.40. The van der Waals surface area contributed by atoms with Crippen LogP contribution in [0.15, 0.2) is 24.3 Å². The van der Waals surface area contributed by atoms with Crippen LogP contribution < -0.4 is 5.73 Å². The van der Waals surface area contributed by atoms with Crippen molar-refractivity contribution >= 4 is 5.91 Å². The number of carbonyl (C=O) groups is 1. The Hall–Kier alpha value is -1.55. The maximum atomic E-state index is 12.1. The maximum absolute atomic E-state index is 12.1. The average molecular weight is 248 g/mol. The van der Waals surface area contributed by atoms with Gasteiger partial charge in [-0.1, -0.05) is 19.1 Å². The summed E-state index contributed by atoms with van der Waals surface area (Å²) in [7, 11) is 0. The fraction of sp³-hybridized carbons (Fsp3) is 0.500. The Morgan fingerprint density at radius 3 is 2.72 bits per heavy atom. The van der Waals surface area contributed by atoms with E-state index < -0.39 is 0 Å². The van der Waals surface area contributed by atoms with Gasteiger partial charge in [-0.05, 0) is 30.0 Å². The van der Waals surface area contributed by atoms with Crippen LogP contribution in [0.4, 0.5) is 0 Å². The molecule has 0 saturated carbocycles. The molecule has 0 aliphatic carbocycles. The standard InChI is InChI=1S/C14H20N2O2/c1-10-9-16(7-6-13(10)15)14(18)8-11-2-4-12(17)5-3-11/h2-5,10,13,17H,6-9,15H2,1H3. The lowest BCUT2D eigenvalue weighted by Gasteiger charge is -2.35. The number of piperidine rings is 1. The van der Waals surface area contributed by atoms with Crippen LogP contribution in [-0.2, 0) is 11.2 Å². The minimum Gasteiger partial charge on any atom is -0.508 e. The van der Waals surface area contributed by atoms with Gasteiger partial charge in [-0.25, -0.2) is 0 Å². The monoisotopic (exact) mass is 248 g/mol. The molecule has 1 aliphatic rings. The molecule has 3 N–H and O–H groups in total. The molecule has 1 aromatic rings. The SMILES string of the molecule is CC1CN(C(=O)Cc2ccc(O)cc2)CCC1N. The second-order valence-corrected chi connectivity index (χ2v) is 5.11. The van der Waals surface area contributed by atoms with Gasteiger partial charge in [0.05, 0.1) is 6.42 Å². The largest absolute Gasteiger partial charge is 0.508 e. The quantitative estimate of drug-likeness (QED) is 0.824. The van der Waals surface area contributed by atoms with E-state index in [2.05, 4.69) is 6.92 Å². The zero-order chi connectivity index (χ0) is 13.1. The van der Waals surface area contributed by atoms with Gasteiger partial charge in [0.1, 0.15) is 5.75 Å². The van der Waals surface area contributed by atoms with Crippen LogP contribution in [0, 0.1) is 5.92 Å². The first-order valence-electron chi connectivity index (χ1n) is 6.37. The molecule has 2 unspecified atom stereocenters. The van der Waals surface area contributed by atoms with E-state index in [1.807, 2.05) is 4.90 Å². The van der Waals surface area contributed by atoms with E-state index in [0.29, 0.717) is 12.3 Å². The number of nitrogens with zero attached hydrogens (tertiary/aromatic N) is 1. The molecule has 0 bridgehead atoms. The number of phenolic OH excluding ortho intramolecular Hbond substituents is 1. The van der Waals surface area contributed by atoms with Crippen molar-refractivity contribution in [1.82, 2.24) is 4.90 Å². The molecule has 0 radical (unpaired) electrons. The zero-order valence-corrected chi connectivity index (χ0v) is 10.7. The van der Waals surface area contributed by atoms with Crippen molar-refractivity contribution in [2.45, 2.75) is 25.8 Å². The van der Waals surface area contributed by atoms with Gasteiger partial charge in [0.2, 0.25) is 5.91 Å². The molecule has 2 atom stereocenters. The summed E-state index contributed by atoms with van der Waals surface area (Å²) in [6.07, 6.45) is 1.27. The summed E-state index contributed by atoms with van der Waals surface area (Å²) < 4.78 is 0. The number of likely N-dealkylation sites (tertiary alicyclic amines) is 1. The smallest absolute Gasteiger partial charge is 0.227 e. The van der Waals surface area contributed by atoms with Crippen molar-refractivity contribution < 1.29 is 9.90 Å². The zero-order valence-electron chi connectivity index (χ0n) is 10.7. The van der Waals surface area contributed by atoms with Gasteiger partial charge in [0.25, 0.3) is 0 Å².